The quantitative estimate of drug-likeness (QED) is 0.782. The number of nitrogen functional groups attached to an aromatic ring is 1. The Hall–Kier alpha value is -0.800. The Labute approximate surface area is 115 Å². The highest BCUT2D eigenvalue weighted by Crippen LogP contribution is 2.17. The van der Waals surface area contributed by atoms with Crippen molar-refractivity contribution in [3.63, 3.8) is 0 Å². The van der Waals surface area contributed by atoms with E-state index in [1.54, 1.807) is 6.07 Å². The third-order valence-electron chi connectivity index (χ3n) is 2.97. The molecule has 2 N–H and O–H groups in total. The Morgan fingerprint density at radius 3 is 2.33 bits per heavy atom. The van der Waals surface area contributed by atoms with Crippen LogP contribution in [0.25, 0.3) is 0 Å². The number of hydrogen-bond acceptors (Lipinski definition) is 3. The Morgan fingerprint density at radius 1 is 1.17 bits per heavy atom. The summed E-state index contributed by atoms with van der Waals surface area (Å²) >= 11 is 6.16. The molecule has 0 radical (unpaired) electrons. The van der Waals surface area contributed by atoms with Crippen molar-refractivity contribution < 1.29 is 0 Å². The zero-order valence-corrected chi connectivity index (χ0v) is 12.2. The van der Waals surface area contributed by atoms with Gasteiger partial charge in [0, 0.05) is 6.54 Å². The minimum Gasteiger partial charge on any atom is -0.384 e. The summed E-state index contributed by atoms with van der Waals surface area (Å²) in [6.07, 6.45) is 4.84. The maximum Gasteiger partial charge on any atom is 0.123 e. The van der Waals surface area contributed by atoms with Crippen LogP contribution >= 0.6 is 11.6 Å². The van der Waals surface area contributed by atoms with Gasteiger partial charge in [0.25, 0.3) is 0 Å². The standard InChI is InChI=1S/C14H24ClN3/c1-3-5-9-18(10-6-4-2)11-13-12(15)7-8-14(16)17-13/h7-8H,3-6,9-11H2,1-2H3,(H2,16,17). The first-order chi connectivity index (χ1) is 8.67. The molecule has 1 heterocycles. The molecule has 0 aliphatic heterocycles. The maximum atomic E-state index is 6.16. The lowest BCUT2D eigenvalue weighted by molar-refractivity contribution is 0.254. The summed E-state index contributed by atoms with van der Waals surface area (Å²) in [6.45, 7) is 7.42. The molecule has 0 amide bonds. The van der Waals surface area contributed by atoms with Gasteiger partial charge in [-0.15, -0.1) is 0 Å². The third-order valence-corrected chi connectivity index (χ3v) is 3.31. The second-order valence-corrected chi connectivity index (χ2v) is 5.06. The molecule has 4 heteroatoms. The third kappa shape index (κ3) is 5.23. The van der Waals surface area contributed by atoms with E-state index in [0.29, 0.717) is 10.8 Å². The van der Waals surface area contributed by atoms with Crippen LogP contribution in [0, 0.1) is 0 Å². The summed E-state index contributed by atoms with van der Waals surface area (Å²) in [4.78, 5) is 6.75. The van der Waals surface area contributed by atoms with Gasteiger partial charge in [-0.3, -0.25) is 4.90 Å². The highest BCUT2D eigenvalue weighted by Gasteiger charge is 2.09. The highest BCUT2D eigenvalue weighted by molar-refractivity contribution is 6.31. The molecule has 1 rings (SSSR count). The number of halogens is 1. The van der Waals surface area contributed by atoms with Gasteiger partial charge in [0.2, 0.25) is 0 Å². The molecular weight excluding hydrogens is 246 g/mol. The molecule has 0 aliphatic carbocycles. The number of anilines is 1. The van der Waals surface area contributed by atoms with Crippen LogP contribution in [0.5, 0.6) is 0 Å². The van der Waals surface area contributed by atoms with Crippen LogP contribution in [-0.2, 0) is 6.54 Å². The van der Waals surface area contributed by atoms with Crippen molar-refractivity contribution >= 4 is 17.4 Å². The van der Waals surface area contributed by atoms with Crippen molar-refractivity contribution in [3.8, 4) is 0 Å². The van der Waals surface area contributed by atoms with Crippen LogP contribution in [0.2, 0.25) is 5.02 Å². The molecule has 3 nitrogen and oxygen atoms in total. The van der Waals surface area contributed by atoms with Gasteiger partial charge in [-0.1, -0.05) is 38.3 Å². The van der Waals surface area contributed by atoms with Crippen LogP contribution in [0.1, 0.15) is 45.2 Å². The molecule has 0 bridgehead atoms. The van der Waals surface area contributed by atoms with E-state index in [-0.39, 0.29) is 0 Å². The summed E-state index contributed by atoms with van der Waals surface area (Å²) in [6, 6.07) is 3.57. The molecule has 18 heavy (non-hydrogen) atoms. The molecule has 0 atom stereocenters. The van der Waals surface area contributed by atoms with Crippen molar-refractivity contribution in [2.45, 2.75) is 46.1 Å². The van der Waals surface area contributed by atoms with Crippen molar-refractivity contribution in [1.82, 2.24) is 9.88 Å². The van der Waals surface area contributed by atoms with Gasteiger partial charge in [-0.25, -0.2) is 4.98 Å². The predicted octanol–water partition coefficient (Wildman–Crippen LogP) is 3.72. The lowest BCUT2D eigenvalue weighted by Gasteiger charge is -2.22. The van der Waals surface area contributed by atoms with Gasteiger partial charge in [-0.05, 0) is 38.1 Å². The van der Waals surface area contributed by atoms with Crippen molar-refractivity contribution in [3.05, 3.63) is 22.8 Å². The molecule has 1 aromatic heterocycles. The van der Waals surface area contributed by atoms with Crippen LogP contribution in [0.3, 0.4) is 0 Å². The van der Waals surface area contributed by atoms with E-state index in [1.807, 2.05) is 6.07 Å². The fraction of sp³-hybridized carbons (Fsp3) is 0.643. The van der Waals surface area contributed by atoms with Gasteiger partial charge < -0.3 is 5.73 Å². The maximum absolute atomic E-state index is 6.16. The number of hydrogen-bond donors (Lipinski definition) is 1. The molecule has 0 aromatic carbocycles. The number of nitrogens with zero attached hydrogens (tertiary/aromatic N) is 2. The van der Waals surface area contributed by atoms with Crippen LogP contribution in [-0.4, -0.2) is 23.0 Å². The second-order valence-electron chi connectivity index (χ2n) is 4.65. The molecule has 1 aromatic rings. The zero-order chi connectivity index (χ0) is 13.4. The lowest BCUT2D eigenvalue weighted by Crippen LogP contribution is -2.26. The van der Waals surface area contributed by atoms with E-state index in [0.717, 1.165) is 25.3 Å². The van der Waals surface area contributed by atoms with Gasteiger partial charge in [0.15, 0.2) is 0 Å². The Morgan fingerprint density at radius 2 is 1.78 bits per heavy atom. The highest BCUT2D eigenvalue weighted by atomic mass is 35.5. The first-order valence-corrected chi connectivity index (χ1v) is 7.18. The summed E-state index contributed by atoms with van der Waals surface area (Å²) in [5, 5.41) is 0.710. The fourth-order valence-electron chi connectivity index (χ4n) is 1.86. The molecule has 0 saturated heterocycles. The normalized spacial score (nSPS) is 11.1. The molecule has 0 aliphatic rings. The van der Waals surface area contributed by atoms with E-state index in [1.165, 1.54) is 25.7 Å². The fourth-order valence-corrected chi connectivity index (χ4v) is 2.02. The number of nitrogens with two attached hydrogens (primary N) is 1. The van der Waals surface area contributed by atoms with Crippen molar-refractivity contribution in [1.29, 1.82) is 0 Å². The molecule has 0 unspecified atom stereocenters. The minimum atomic E-state index is 0.542. The summed E-state index contributed by atoms with van der Waals surface area (Å²) in [5.74, 6) is 0.542. The molecule has 0 spiro atoms. The number of pyridine rings is 1. The number of unbranched alkanes of at least 4 members (excludes halogenated alkanes) is 2. The van der Waals surface area contributed by atoms with Crippen LogP contribution in [0.15, 0.2) is 12.1 Å². The van der Waals surface area contributed by atoms with Crippen LogP contribution in [0.4, 0.5) is 5.82 Å². The first-order valence-electron chi connectivity index (χ1n) is 6.80. The predicted molar refractivity (Wildman–Crippen MR) is 78.8 cm³/mol. The summed E-state index contributed by atoms with van der Waals surface area (Å²) < 4.78 is 0. The van der Waals surface area contributed by atoms with E-state index in [9.17, 15) is 0 Å². The minimum absolute atomic E-state index is 0.542. The van der Waals surface area contributed by atoms with E-state index < -0.39 is 0 Å². The zero-order valence-electron chi connectivity index (χ0n) is 11.5. The average Bonchev–Trinajstić information content (AvgIpc) is 2.37. The van der Waals surface area contributed by atoms with E-state index >= 15 is 0 Å². The second kappa shape index (κ2) is 8.33. The average molecular weight is 270 g/mol. The molecule has 0 saturated carbocycles. The first kappa shape index (κ1) is 15.3. The monoisotopic (exact) mass is 269 g/mol. The molecule has 102 valence electrons. The Balaban J connectivity index is 2.65. The van der Waals surface area contributed by atoms with E-state index in [4.69, 9.17) is 17.3 Å². The smallest absolute Gasteiger partial charge is 0.123 e. The summed E-state index contributed by atoms with van der Waals surface area (Å²) in [5.41, 5.74) is 6.61. The van der Waals surface area contributed by atoms with Gasteiger partial charge in [-0.2, -0.15) is 0 Å². The van der Waals surface area contributed by atoms with E-state index in [2.05, 4.69) is 23.7 Å². The summed E-state index contributed by atoms with van der Waals surface area (Å²) in [7, 11) is 0. The van der Waals surface area contributed by atoms with Gasteiger partial charge in [0.05, 0.1) is 10.7 Å². The molecule has 0 fully saturated rings. The number of rotatable bonds is 8. The topological polar surface area (TPSA) is 42.2 Å². The lowest BCUT2D eigenvalue weighted by atomic mass is 10.2. The van der Waals surface area contributed by atoms with Crippen molar-refractivity contribution in [2.75, 3.05) is 18.8 Å². The SMILES string of the molecule is CCCCN(CCCC)Cc1nc(N)ccc1Cl. The Kier molecular flexibility index (Phi) is 7.06. The largest absolute Gasteiger partial charge is 0.384 e. The Bertz CT molecular complexity index is 347. The van der Waals surface area contributed by atoms with Crippen LogP contribution < -0.4 is 5.73 Å². The van der Waals surface area contributed by atoms with Crippen molar-refractivity contribution in [2.24, 2.45) is 0 Å². The number of aromatic nitrogens is 1. The molecular formula is C14H24ClN3. The van der Waals surface area contributed by atoms with Gasteiger partial charge in [0.1, 0.15) is 5.82 Å². The van der Waals surface area contributed by atoms with Gasteiger partial charge >= 0.3 is 0 Å².